The number of hydrogen-bond acceptors (Lipinski definition) is 7. The molecule has 125 valence electrons. The third-order valence-corrected chi connectivity index (χ3v) is 4.70. The van der Waals surface area contributed by atoms with E-state index in [-0.39, 0.29) is 62.2 Å². The minimum absolute atomic E-state index is 0. The minimum atomic E-state index is -0.355. The van der Waals surface area contributed by atoms with Crippen molar-refractivity contribution < 1.29 is 42.9 Å². The molecule has 9 heteroatoms. The molecule has 1 aliphatic carbocycles. The number of aliphatic hydroxyl groups excluding tert-OH is 2. The van der Waals surface area contributed by atoms with Gasteiger partial charge in [0.15, 0.2) is 5.76 Å². The molecule has 3 heterocycles. The molecular formula is C15H19N6O2Y-. The van der Waals surface area contributed by atoms with Crippen LogP contribution in [0, 0.1) is 12.1 Å². The van der Waals surface area contributed by atoms with Crippen molar-refractivity contribution in [3.63, 3.8) is 0 Å². The van der Waals surface area contributed by atoms with Crippen LogP contribution in [-0.4, -0.2) is 48.9 Å². The molecule has 24 heavy (non-hydrogen) atoms. The van der Waals surface area contributed by atoms with E-state index in [4.69, 9.17) is 5.73 Å². The molecule has 1 fully saturated rings. The van der Waals surface area contributed by atoms with E-state index >= 15 is 0 Å². The number of allylic oxidation sites excluding steroid dienone is 2. The number of rotatable bonds is 2. The van der Waals surface area contributed by atoms with Gasteiger partial charge in [0, 0.05) is 63.3 Å². The zero-order chi connectivity index (χ0) is 16.1. The van der Waals surface area contributed by atoms with Crippen LogP contribution in [0.2, 0.25) is 0 Å². The summed E-state index contributed by atoms with van der Waals surface area (Å²) in [6.45, 7) is 3.42. The molecule has 1 radical (unpaired) electrons. The van der Waals surface area contributed by atoms with Gasteiger partial charge in [0.1, 0.15) is 11.7 Å². The monoisotopic (exact) mass is 404 g/mol. The third kappa shape index (κ3) is 2.80. The van der Waals surface area contributed by atoms with Crippen molar-refractivity contribution in [1.29, 1.82) is 0 Å². The van der Waals surface area contributed by atoms with Crippen molar-refractivity contribution in [2.75, 3.05) is 18.0 Å². The Bertz CT molecular complexity index is 791. The maximum Gasteiger partial charge on any atom is 0.152 e. The third-order valence-electron chi connectivity index (χ3n) is 4.70. The van der Waals surface area contributed by atoms with Gasteiger partial charge in [0.25, 0.3) is 0 Å². The Morgan fingerprint density at radius 1 is 1.33 bits per heavy atom. The second-order valence-corrected chi connectivity index (χ2v) is 6.38. The summed E-state index contributed by atoms with van der Waals surface area (Å²) in [7, 11) is 0. The Morgan fingerprint density at radius 2 is 2.12 bits per heavy atom. The molecule has 0 amide bonds. The molecule has 8 nitrogen and oxygen atoms in total. The maximum atomic E-state index is 10.2. The van der Waals surface area contributed by atoms with E-state index in [1.807, 2.05) is 11.8 Å². The summed E-state index contributed by atoms with van der Waals surface area (Å²) in [6, 6.07) is -0.217. The summed E-state index contributed by atoms with van der Waals surface area (Å²) in [6.07, 6.45) is 6.04. The first-order valence-corrected chi connectivity index (χ1v) is 7.79. The Kier molecular flexibility index (Phi) is 4.81. The normalized spacial score (nSPS) is 27.1. The Balaban J connectivity index is 0.00000169. The molecular weight excluding hydrogens is 385 g/mol. The van der Waals surface area contributed by atoms with Crippen LogP contribution in [0.25, 0.3) is 11.2 Å². The van der Waals surface area contributed by atoms with E-state index in [1.54, 1.807) is 10.9 Å². The predicted octanol–water partition coefficient (Wildman–Crippen LogP) is 1.07. The molecule has 0 saturated carbocycles. The van der Waals surface area contributed by atoms with Crippen LogP contribution < -0.4 is 10.6 Å². The molecule has 0 unspecified atom stereocenters. The average molecular weight is 404 g/mol. The van der Waals surface area contributed by atoms with Crippen LogP contribution in [0.1, 0.15) is 25.8 Å². The molecule has 2 aromatic rings. The molecule has 0 spiro atoms. The van der Waals surface area contributed by atoms with Gasteiger partial charge in [-0.05, 0) is 19.0 Å². The van der Waals surface area contributed by atoms with Gasteiger partial charge in [-0.25, -0.2) is 0 Å². The second-order valence-electron chi connectivity index (χ2n) is 6.38. The molecule has 0 bridgehead atoms. The second kappa shape index (κ2) is 6.57. The summed E-state index contributed by atoms with van der Waals surface area (Å²) in [5.41, 5.74) is 7.09. The van der Waals surface area contributed by atoms with Crippen LogP contribution in [0.3, 0.4) is 0 Å². The van der Waals surface area contributed by atoms with Gasteiger partial charge >= 0.3 is 0 Å². The van der Waals surface area contributed by atoms with Gasteiger partial charge < -0.3 is 35.4 Å². The van der Waals surface area contributed by atoms with Crippen molar-refractivity contribution >= 4 is 17.1 Å². The number of anilines is 1. The Morgan fingerprint density at radius 3 is 2.75 bits per heavy atom. The van der Waals surface area contributed by atoms with E-state index in [2.05, 4.69) is 21.1 Å². The van der Waals surface area contributed by atoms with Crippen LogP contribution in [0.4, 0.5) is 5.95 Å². The minimum Gasteiger partial charge on any atom is -0.508 e. The van der Waals surface area contributed by atoms with E-state index in [1.165, 1.54) is 0 Å². The van der Waals surface area contributed by atoms with Gasteiger partial charge in [-0.2, -0.15) is 0 Å². The molecule has 2 aliphatic rings. The van der Waals surface area contributed by atoms with E-state index in [0.29, 0.717) is 23.5 Å². The van der Waals surface area contributed by atoms with Crippen LogP contribution >= 0.6 is 0 Å². The van der Waals surface area contributed by atoms with Gasteiger partial charge in [0.2, 0.25) is 0 Å². The van der Waals surface area contributed by atoms with Gasteiger partial charge in [-0.15, -0.1) is 0 Å². The number of fused-ring (bicyclic) bond motifs is 1. The Hall–Kier alpha value is -1.25. The first-order chi connectivity index (χ1) is 11.0. The fourth-order valence-electron chi connectivity index (χ4n) is 3.33. The number of hydrogen-bond donors (Lipinski definition) is 3. The Labute approximate surface area is 164 Å². The van der Waals surface area contributed by atoms with Crippen molar-refractivity contribution in [1.82, 2.24) is 19.5 Å². The van der Waals surface area contributed by atoms with Crippen molar-refractivity contribution in [2.24, 2.45) is 11.7 Å². The molecule has 2 aromatic heterocycles. The molecule has 0 aromatic carbocycles. The zero-order valence-corrected chi connectivity index (χ0v) is 16.3. The standard InChI is InChI=1S/C15H19N6O2.Y/c1-8-4-11(13(23)12(8)22)21-7-18-10-5-17-15(19-14(10)21)20-3-2-9(16)6-20;/h7-9,11,22-23H,2-4,6,16H2,1H3;/q-1;/t8-,9+,11+;/m0./s1. The summed E-state index contributed by atoms with van der Waals surface area (Å²) < 4.78 is 1.78. The number of aromatic nitrogens is 4. The first kappa shape index (κ1) is 17.6. The maximum absolute atomic E-state index is 10.2. The summed E-state index contributed by atoms with van der Waals surface area (Å²) in [4.78, 5) is 15.1. The smallest absolute Gasteiger partial charge is 0.152 e. The number of imidazole rings is 1. The van der Waals surface area contributed by atoms with Crippen molar-refractivity contribution in [3.8, 4) is 0 Å². The fraction of sp³-hybridized carbons (Fsp3) is 0.533. The van der Waals surface area contributed by atoms with Crippen molar-refractivity contribution in [2.45, 2.75) is 31.8 Å². The van der Waals surface area contributed by atoms with Gasteiger partial charge in [-0.1, -0.05) is 6.92 Å². The molecule has 4 rings (SSSR count). The molecule has 3 atom stereocenters. The molecule has 4 N–H and O–H groups in total. The summed E-state index contributed by atoms with van der Waals surface area (Å²) in [5.74, 6) is 0.519. The van der Waals surface area contributed by atoms with E-state index in [0.717, 1.165) is 19.5 Å². The van der Waals surface area contributed by atoms with E-state index < -0.39 is 0 Å². The predicted molar refractivity (Wildman–Crippen MR) is 84.1 cm³/mol. The van der Waals surface area contributed by atoms with Crippen LogP contribution in [-0.2, 0) is 32.7 Å². The number of nitrogens with zero attached hydrogens (tertiary/aromatic N) is 5. The van der Waals surface area contributed by atoms with Gasteiger partial charge in [0.05, 0.1) is 18.0 Å². The van der Waals surface area contributed by atoms with Crippen molar-refractivity contribution in [3.05, 3.63) is 24.0 Å². The van der Waals surface area contributed by atoms with Crippen LogP contribution in [0.5, 0.6) is 0 Å². The fourth-order valence-corrected chi connectivity index (χ4v) is 3.33. The van der Waals surface area contributed by atoms with Crippen LogP contribution in [0.15, 0.2) is 17.8 Å². The quantitative estimate of drug-likeness (QED) is 0.642. The zero-order valence-electron chi connectivity index (χ0n) is 13.4. The van der Waals surface area contributed by atoms with E-state index in [9.17, 15) is 10.2 Å². The molecule has 1 aliphatic heterocycles. The number of nitrogens with two attached hydrogens (primary N) is 1. The average Bonchev–Trinajstić information content (AvgIpc) is 3.21. The largest absolute Gasteiger partial charge is 0.508 e. The van der Waals surface area contributed by atoms with Gasteiger partial charge in [-0.3, -0.25) is 4.98 Å². The topological polar surface area (TPSA) is 113 Å². The SMILES string of the molecule is C[C@H]1C[C@@H](n2cnc3[c-]nc(N4CC[C@@H](N)C4)nc32)C(O)=C1O.[Y]. The molecule has 1 saturated heterocycles. The summed E-state index contributed by atoms with van der Waals surface area (Å²) >= 11 is 0. The first-order valence-electron chi connectivity index (χ1n) is 7.79. The number of aliphatic hydroxyl groups is 2. The summed E-state index contributed by atoms with van der Waals surface area (Å²) in [5, 5.41) is 20.1.